The first-order valence-electron chi connectivity index (χ1n) is 15.0. The van der Waals surface area contributed by atoms with Crippen LogP contribution in [0.2, 0.25) is 0 Å². The summed E-state index contributed by atoms with van der Waals surface area (Å²) >= 11 is 5.97. The molecule has 0 amide bonds. The third-order valence-corrected chi connectivity index (χ3v) is 11.9. The number of nitrogens with zero attached hydrogens (tertiary/aromatic N) is 1. The van der Waals surface area contributed by atoms with Gasteiger partial charge in [-0.2, -0.15) is 0 Å². The first-order chi connectivity index (χ1) is 19.8. The standard InChI is InChI=1S/C33H39NS3.C2H4O2/c1-5-27-28-15-21(3)7-13-30(28)36-32(27)18-22-8-10-24-11-9-23(17-25(24)16-22)19-33-34(6-2)29-20-26(35-4)12-14-31(29)37-33;1-2(3)4/h7,12-17,20,22,24,33H,5-6,8-11,18-19H2,1-4H3;1H3,(H,3,4). The van der Waals surface area contributed by atoms with Gasteiger partial charge in [-0.15, -0.1) is 23.1 Å². The average molecular weight is 606 g/mol. The summed E-state index contributed by atoms with van der Waals surface area (Å²) in [5.41, 5.74) is 7.75. The third-order valence-electron chi connectivity index (χ3n) is 8.66. The molecule has 0 radical (unpaired) electrons. The number of aliphatic carboxylic acids is 1. The number of benzene rings is 2. The van der Waals surface area contributed by atoms with Crippen LogP contribution < -0.4 is 4.90 Å². The van der Waals surface area contributed by atoms with Crippen molar-refractivity contribution in [3.8, 4) is 0 Å². The Labute approximate surface area is 258 Å². The van der Waals surface area contributed by atoms with Crippen molar-refractivity contribution in [3.05, 3.63) is 75.7 Å². The molecule has 0 saturated carbocycles. The Morgan fingerprint density at radius 2 is 1.90 bits per heavy atom. The van der Waals surface area contributed by atoms with E-state index >= 15 is 0 Å². The predicted octanol–water partition coefficient (Wildman–Crippen LogP) is 10.1. The number of allylic oxidation sites excluding steroid dienone is 3. The average Bonchev–Trinajstić information content (AvgIpc) is 3.47. The molecule has 1 aromatic heterocycles. The van der Waals surface area contributed by atoms with Gasteiger partial charge in [-0.3, -0.25) is 4.79 Å². The Bertz CT molecular complexity index is 1470. The Morgan fingerprint density at radius 1 is 1.10 bits per heavy atom. The molecule has 1 N–H and O–H groups in total. The van der Waals surface area contributed by atoms with Crippen LogP contribution in [0.3, 0.4) is 0 Å². The van der Waals surface area contributed by atoms with Crippen molar-refractivity contribution in [1.29, 1.82) is 0 Å². The van der Waals surface area contributed by atoms with Crippen LogP contribution in [0.15, 0.2) is 69.5 Å². The van der Waals surface area contributed by atoms with Gasteiger partial charge in [-0.25, -0.2) is 0 Å². The molecule has 0 fully saturated rings. The summed E-state index contributed by atoms with van der Waals surface area (Å²) in [6.07, 6.45) is 16.4. The van der Waals surface area contributed by atoms with Crippen LogP contribution in [0.25, 0.3) is 10.1 Å². The summed E-state index contributed by atoms with van der Waals surface area (Å²) in [7, 11) is 0. The van der Waals surface area contributed by atoms with Gasteiger partial charge in [0.05, 0.1) is 11.1 Å². The minimum atomic E-state index is -0.833. The first-order valence-corrected chi connectivity index (χ1v) is 17.9. The van der Waals surface area contributed by atoms with Crippen molar-refractivity contribution in [3.63, 3.8) is 0 Å². The Morgan fingerprint density at radius 3 is 2.63 bits per heavy atom. The number of rotatable bonds is 7. The molecule has 218 valence electrons. The summed E-state index contributed by atoms with van der Waals surface area (Å²) in [5, 5.41) is 9.46. The number of fused-ring (bicyclic) bond motifs is 3. The summed E-state index contributed by atoms with van der Waals surface area (Å²) < 4.78 is 1.47. The molecule has 3 aromatic rings. The molecular formula is C35H43NO2S3. The maximum absolute atomic E-state index is 9.00. The Balaban J connectivity index is 0.000000794. The van der Waals surface area contributed by atoms with Gasteiger partial charge in [0.1, 0.15) is 0 Å². The summed E-state index contributed by atoms with van der Waals surface area (Å²) in [6.45, 7) is 9.03. The van der Waals surface area contributed by atoms with Crippen molar-refractivity contribution in [1.82, 2.24) is 0 Å². The van der Waals surface area contributed by atoms with Gasteiger partial charge in [-0.1, -0.05) is 54.1 Å². The fourth-order valence-electron chi connectivity index (χ4n) is 6.71. The zero-order valence-corrected chi connectivity index (χ0v) is 27.5. The molecule has 2 aliphatic carbocycles. The van der Waals surface area contributed by atoms with Crippen LogP contribution in [0.4, 0.5) is 5.69 Å². The van der Waals surface area contributed by atoms with Gasteiger partial charge in [0.15, 0.2) is 0 Å². The van der Waals surface area contributed by atoms with E-state index in [1.807, 2.05) is 23.1 Å². The molecule has 6 rings (SSSR count). The fourth-order valence-corrected chi connectivity index (χ4v) is 9.93. The molecule has 6 heteroatoms. The highest BCUT2D eigenvalue weighted by molar-refractivity contribution is 8.00. The first kappa shape index (κ1) is 30.3. The quantitative estimate of drug-likeness (QED) is 0.271. The van der Waals surface area contributed by atoms with Crippen LogP contribution in [-0.4, -0.2) is 29.3 Å². The molecule has 0 bridgehead atoms. The van der Waals surface area contributed by atoms with E-state index in [1.165, 1.54) is 69.7 Å². The lowest BCUT2D eigenvalue weighted by atomic mass is 9.74. The zero-order valence-electron chi connectivity index (χ0n) is 25.0. The normalized spacial score (nSPS) is 21.5. The van der Waals surface area contributed by atoms with Gasteiger partial charge >= 0.3 is 0 Å². The van der Waals surface area contributed by atoms with E-state index in [1.54, 1.807) is 21.6 Å². The number of hydrogen-bond donors (Lipinski definition) is 1. The second-order valence-corrected chi connectivity index (χ2v) is 14.8. The van der Waals surface area contributed by atoms with E-state index in [0.29, 0.717) is 11.3 Å². The monoisotopic (exact) mass is 605 g/mol. The number of hydrogen-bond acceptors (Lipinski definition) is 5. The molecule has 0 spiro atoms. The molecule has 41 heavy (non-hydrogen) atoms. The lowest BCUT2D eigenvalue weighted by molar-refractivity contribution is -0.134. The van der Waals surface area contributed by atoms with Gasteiger partial charge < -0.3 is 10.0 Å². The molecule has 2 aromatic carbocycles. The third kappa shape index (κ3) is 6.92. The minimum Gasteiger partial charge on any atom is -0.481 e. The molecule has 2 heterocycles. The number of aryl methyl sites for hydroxylation is 2. The lowest BCUT2D eigenvalue weighted by Crippen LogP contribution is -2.30. The number of thiophene rings is 1. The van der Waals surface area contributed by atoms with E-state index in [2.05, 4.69) is 92.2 Å². The van der Waals surface area contributed by atoms with Crippen molar-refractivity contribution in [2.24, 2.45) is 11.8 Å². The number of carboxylic acids is 1. The minimum absolute atomic E-state index is 0.536. The van der Waals surface area contributed by atoms with E-state index < -0.39 is 5.97 Å². The SMILES string of the molecule is CC(=O)O.CCc1c(CC2C=C3C=C(CC4Sc5ccc(SC)cc5N4CC)CCC3CC2)sc2ccc(C)cc12. The number of carbonyl (C=O) groups is 1. The molecule has 3 aliphatic rings. The number of thioether (sulfide) groups is 2. The Kier molecular flexibility index (Phi) is 9.93. The molecule has 1 aliphatic heterocycles. The molecule has 3 nitrogen and oxygen atoms in total. The van der Waals surface area contributed by atoms with Gasteiger partial charge in [0, 0.05) is 32.8 Å². The zero-order chi connectivity index (χ0) is 29.1. The van der Waals surface area contributed by atoms with Crippen LogP contribution in [0.5, 0.6) is 0 Å². The van der Waals surface area contributed by atoms with Crippen molar-refractivity contribution >= 4 is 56.6 Å². The van der Waals surface area contributed by atoms with E-state index in [0.717, 1.165) is 25.8 Å². The maximum Gasteiger partial charge on any atom is 0.300 e. The highest BCUT2D eigenvalue weighted by Gasteiger charge is 2.32. The van der Waals surface area contributed by atoms with Crippen molar-refractivity contribution < 1.29 is 9.90 Å². The topological polar surface area (TPSA) is 40.5 Å². The number of anilines is 1. The highest BCUT2D eigenvalue weighted by Crippen LogP contribution is 2.48. The summed E-state index contributed by atoms with van der Waals surface area (Å²) in [5.74, 6) is 0.638. The van der Waals surface area contributed by atoms with Crippen LogP contribution in [0.1, 0.15) is 68.9 Å². The van der Waals surface area contributed by atoms with Crippen LogP contribution in [-0.2, 0) is 17.6 Å². The second kappa shape index (κ2) is 13.4. The lowest BCUT2D eigenvalue weighted by Gasteiger charge is -2.33. The molecule has 0 saturated heterocycles. The predicted molar refractivity (Wildman–Crippen MR) is 180 cm³/mol. The van der Waals surface area contributed by atoms with Crippen molar-refractivity contribution in [2.45, 2.75) is 87.8 Å². The maximum atomic E-state index is 9.00. The van der Waals surface area contributed by atoms with Gasteiger partial charge in [0.25, 0.3) is 5.97 Å². The fraction of sp³-hybridized carbons (Fsp3) is 0.457. The van der Waals surface area contributed by atoms with Crippen LogP contribution >= 0.6 is 34.9 Å². The summed E-state index contributed by atoms with van der Waals surface area (Å²) in [6, 6.07) is 14.0. The molecule has 3 unspecified atom stereocenters. The smallest absolute Gasteiger partial charge is 0.300 e. The van der Waals surface area contributed by atoms with E-state index in [9.17, 15) is 0 Å². The largest absolute Gasteiger partial charge is 0.481 e. The van der Waals surface area contributed by atoms with Crippen LogP contribution in [0, 0.1) is 18.8 Å². The highest BCUT2D eigenvalue weighted by atomic mass is 32.2. The summed E-state index contributed by atoms with van der Waals surface area (Å²) in [4.78, 5) is 16.1. The molecule has 3 atom stereocenters. The molecular weight excluding hydrogens is 563 g/mol. The van der Waals surface area contributed by atoms with E-state index in [4.69, 9.17) is 9.90 Å². The van der Waals surface area contributed by atoms with Gasteiger partial charge in [0.2, 0.25) is 0 Å². The number of carboxylic acid groups (broad SMARTS) is 1. The van der Waals surface area contributed by atoms with E-state index in [-0.39, 0.29) is 0 Å². The van der Waals surface area contributed by atoms with Crippen molar-refractivity contribution in [2.75, 3.05) is 17.7 Å². The second-order valence-electron chi connectivity index (χ2n) is 11.5. The Hall–Kier alpha value is -2.15. The van der Waals surface area contributed by atoms with Gasteiger partial charge in [-0.05, 0) is 118 Å².